The minimum Gasteiger partial charge on any atom is -0.444 e. The first-order valence-electron chi connectivity index (χ1n) is 8.16. The number of nitrogens with one attached hydrogen (secondary N) is 1. The molecule has 1 amide bonds. The summed E-state index contributed by atoms with van der Waals surface area (Å²) in [7, 11) is 0. The molecule has 1 N–H and O–H groups in total. The molecule has 0 unspecified atom stereocenters. The average molecular weight is 389 g/mol. The summed E-state index contributed by atoms with van der Waals surface area (Å²) in [5.41, 5.74) is 1.04. The van der Waals surface area contributed by atoms with Crippen molar-refractivity contribution in [3.05, 3.63) is 64.7 Å². The largest absolute Gasteiger partial charge is 0.444 e. The number of hydrogen-bond acceptors (Lipinski definition) is 4. The fraction of sp³-hybridized carbons (Fsp3) is 0.300. The van der Waals surface area contributed by atoms with Crippen LogP contribution < -0.4 is 5.32 Å². The van der Waals surface area contributed by atoms with E-state index < -0.39 is 11.7 Å². The van der Waals surface area contributed by atoms with Gasteiger partial charge in [-0.05, 0) is 44.5 Å². The van der Waals surface area contributed by atoms with Crippen LogP contribution in [0, 0.1) is 11.3 Å². The number of rotatable bonds is 5. The van der Waals surface area contributed by atoms with Crippen molar-refractivity contribution >= 4 is 29.5 Å². The van der Waals surface area contributed by atoms with Gasteiger partial charge in [-0.3, -0.25) is 0 Å². The van der Waals surface area contributed by atoms with Crippen molar-refractivity contribution in [1.29, 1.82) is 5.26 Å². The highest BCUT2D eigenvalue weighted by atomic mass is 35.5. The van der Waals surface area contributed by atoms with Gasteiger partial charge in [-0.1, -0.05) is 41.9 Å². The minimum absolute atomic E-state index is 0.0886. The van der Waals surface area contributed by atoms with Crippen LogP contribution in [0.25, 0.3) is 0 Å². The van der Waals surface area contributed by atoms with Gasteiger partial charge >= 0.3 is 6.09 Å². The highest BCUT2D eigenvalue weighted by molar-refractivity contribution is 7.99. The summed E-state index contributed by atoms with van der Waals surface area (Å²) in [5.74, 6) is 0. The quantitative estimate of drug-likeness (QED) is 0.680. The molecular formula is C20H21ClN2O2S. The Labute approximate surface area is 163 Å². The van der Waals surface area contributed by atoms with E-state index in [2.05, 4.69) is 11.4 Å². The van der Waals surface area contributed by atoms with E-state index in [1.807, 2.05) is 51.1 Å². The minimum atomic E-state index is -0.555. The van der Waals surface area contributed by atoms with E-state index in [1.165, 1.54) is 11.8 Å². The van der Waals surface area contributed by atoms with E-state index in [-0.39, 0.29) is 5.25 Å². The molecule has 2 aromatic carbocycles. The molecule has 0 aliphatic carbocycles. The molecule has 0 fully saturated rings. The van der Waals surface area contributed by atoms with E-state index in [0.29, 0.717) is 17.1 Å². The second-order valence-corrected chi connectivity index (χ2v) is 8.33. The van der Waals surface area contributed by atoms with E-state index in [1.54, 1.807) is 18.2 Å². The Morgan fingerprint density at radius 2 is 1.96 bits per heavy atom. The molecule has 0 saturated heterocycles. The number of carbonyl (C=O) groups is 1. The van der Waals surface area contributed by atoms with Gasteiger partial charge in [0.1, 0.15) is 11.7 Å². The SMILES string of the molecule is CC(C)(C)OC(=O)NC[C@@H](Sc1cc(Cl)ccc1C#N)c1ccccc1. The van der Waals surface area contributed by atoms with E-state index >= 15 is 0 Å². The first-order valence-corrected chi connectivity index (χ1v) is 9.42. The predicted octanol–water partition coefficient (Wildman–Crippen LogP) is 5.57. The molecule has 1 atom stereocenters. The fourth-order valence-corrected chi connectivity index (χ4v) is 3.66. The number of nitrogens with zero attached hydrogens (tertiary/aromatic N) is 1. The Hall–Kier alpha value is -2.16. The summed E-state index contributed by atoms with van der Waals surface area (Å²) in [6.45, 7) is 5.82. The zero-order valence-electron chi connectivity index (χ0n) is 15.0. The number of amides is 1. The Morgan fingerprint density at radius 1 is 1.27 bits per heavy atom. The zero-order valence-corrected chi connectivity index (χ0v) is 16.5. The molecule has 0 radical (unpaired) electrons. The zero-order chi connectivity index (χ0) is 19.2. The second-order valence-electron chi connectivity index (χ2n) is 6.65. The molecule has 6 heteroatoms. The Morgan fingerprint density at radius 3 is 2.58 bits per heavy atom. The molecule has 0 saturated carbocycles. The summed E-state index contributed by atoms with van der Waals surface area (Å²) in [4.78, 5) is 12.8. The van der Waals surface area contributed by atoms with Gasteiger partial charge in [0.05, 0.1) is 10.8 Å². The maximum atomic E-state index is 12.0. The van der Waals surface area contributed by atoms with Gasteiger partial charge < -0.3 is 10.1 Å². The van der Waals surface area contributed by atoms with Crippen LogP contribution in [0.15, 0.2) is 53.4 Å². The molecule has 0 bridgehead atoms. The van der Waals surface area contributed by atoms with Crippen molar-refractivity contribution < 1.29 is 9.53 Å². The van der Waals surface area contributed by atoms with Crippen LogP contribution in [0.2, 0.25) is 5.02 Å². The molecule has 2 aromatic rings. The number of nitriles is 1. The summed E-state index contributed by atoms with van der Waals surface area (Å²) in [6, 6.07) is 17.2. The monoisotopic (exact) mass is 388 g/mol. The molecule has 0 heterocycles. The number of carbonyl (C=O) groups excluding carboxylic acids is 1. The van der Waals surface area contributed by atoms with Crippen molar-refractivity contribution in [2.75, 3.05) is 6.54 Å². The number of halogens is 1. The highest BCUT2D eigenvalue weighted by Gasteiger charge is 2.20. The average Bonchev–Trinajstić information content (AvgIpc) is 2.58. The van der Waals surface area contributed by atoms with Gasteiger partial charge in [0.2, 0.25) is 0 Å². The van der Waals surface area contributed by atoms with Gasteiger partial charge in [0.25, 0.3) is 0 Å². The standard InChI is InChI=1S/C20H21ClN2O2S/c1-20(2,3)25-19(24)23-13-18(14-7-5-4-6-8-14)26-17-11-16(21)10-9-15(17)12-22/h4-11,18H,13H2,1-3H3,(H,23,24)/t18-/m1/s1. The maximum absolute atomic E-state index is 12.0. The summed E-state index contributed by atoms with van der Waals surface area (Å²) >= 11 is 7.58. The Kier molecular flexibility index (Phi) is 6.96. The number of alkyl carbamates (subject to hydrolysis) is 1. The smallest absolute Gasteiger partial charge is 0.407 e. The first kappa shape index (κ1) is 20.2. The summed E-state index contributed by atoms with van der Waals surface area (Å²) in [5, 5.41) is 12.6. The van der Waals surface area contributed by atoms with Crippen LogP contribution in [0.1, 0.15) is 37.1 Å². The molecule has 0 aliphatic heterocycles. The lowest BCUT2D eigenvalue weighted by atomic mass is 10.1. The lowest BCUT2D eigenvalue weighted by molar-refractivity contribution is 0.0528. The molecule has 0 aromatic heterocycles. The van der Waals surface area contributed by atoms with Crippen LogP contribution in [0.5, 0.6) is 0 Å². The number of benzene rings is 2. The van der Waals surface area contributed by atoms with Gasteiger partial charge in [0, 0.05) is 16.5 Å². The fourth-order valence-electron chi connectivity index (χ4n) is 2.22. The van der Waals surface area contributed by atoms with Gasteiger partial charge in [-0.2, -0.15) is 5.26 Å². The predicted molar refractivity (Wildman–Crippen MR) is 105 cm³/mol. The van der Waals surface area contributed by atoms with E-state index in [9.17, 15) is 10.1 Å². The molecule has 0 aliphatic rings. The number of ether oxygens (including phenoxy) is 1. The molecule has 136 valence electrons. The molecule has 2 rings (SSSR count). The topological polar surface area (TPSA) is 62.1 Å². The molecular weight excluding hydrogens is 368 g/mol. The maximum Gasteiger partial charge on any atom is 0.407 e. The van der Waals surface area contributed by atoms with E-state index in [0.717, 1.165) is 10.5 Å². The summed E-state index contributed by atoms with van der Waals surface area (Å²) < 4.78 is 5.31. The third-order valence-electron chi connectivity index (χ3n) is 3.34. The Bertz CT molecular complexity index is 798. The lowest BCUT2D eigenvalue weighted by Crippen LogP contribution is -2.34. The first-order chi connectivity index (χ1) is 12.3. The summed E-state index contributed by atoms with van der Waals surface area (Å²) in [6.07, 6.45) is -0.467. The highest BCUT2D eigenvalue weighted by Crippen LogP contribution is 2.37. The van der Waals surface area contributed by atoms with Crippen LogP contribution in [0.3, 0.4) is 0 Å². The lowest BCUT2D eigenvalue weighted by Gasteiger charge is -2.22. The molecule has 4 nitrogen and oxygen atoms in total. The van der Waals surface area contributed by atoms with Crippen LogP contribution in [-0.4, -0.2) is 18.2 Å². The van der Waals surface area contributed by atoms with Gasteiger partial charge in [-0.25, -0.2) is 4.79 Å². The normalized spacial score (nSPS) is 12.1. The second kappa shape index (κ2) is 8.98. The van der Waals surface area contributed by atoms with Crippen molar-refractivity contribution in [2.45, 2.75) is 36.5 Å². The third kappa shape index (κ3) is 6.29. The third-order valence-corrected chi connectivity index (χ3v) is 4.89. The molecule has 0 spiro atoms. The van der Waals surface area contributed by atoms with Crippen molar-refractivity contribution in [3.8, 4) is 6.07 Å². The van der Waals surface area contributed by atoms with Gasteiger partial charge in [-0.15, -0.1) is 11.8 Å². The van der Waals surface area contributed by atoms with Crippen LogP contribution in [-0.2, 0) is 4.74 Å². The van der Waals surface area contributed by atoms with E-state index in [4.69, 9.17) is 16.3 Å². The number of hydrogen-bond donors (Lipinski definition) is 1. The van der Waals surface area contributed by atoms with Crippen LogP contribution in [0.4, 0.5) is 4.79 Å². The van der Waals surface area contributed by atoms with Gasteiger partial charge in [0.15, 0.2) is 0 Å². The number of thioether (sulfide) groups is 1. The van der Waals surface area contributed by atoms with Crippen molar-refractivity contribution in [3.63, 3.8) is 0 Å². The molecule has 26 heavy (non-hydrogen) atoms. The van der Waals surface area contributed by atoms with Crippen molar-refractivity contribution in [1.82, 2.24) is 5.32 Å². The van der Waals surface area contributed by atoms with Crippen LogP contribution >= 0.6 is 23.4 Å². The van der Waals surface area contributed by atoms with Crippen molar-refractivity contribution in [2.24, 2.45) is 0 Å². The Balaban J connectivity index is 2.19.